The molecule has 0 radical (unpaired) electrons. The third kappa shape index (κ3) is 1.80. The van der Waals surface area contributed by atoms with Crippen molar-refractivity contribution in [2.45, 2.75) is 43.2 Å². The lowest BCUT2D eigenvalue weighted by Crippen LogP contribution is -2.55. The highest BCUT2D eigenvalue weighted by molar-refractivity contribution is 5.27. The summed E-state index contributed by atoms with van der Waals surface area (Å²) in [6, 6.07) is 11.0. The summed E-state index contributed by atoms with van der Waals surface area (Å²) in [7, 11) is 1.82. The van der Waals surface area contributed by atoms with E-state index in [0.717, 1.165) is 12.8 Å². The molecule has 1 aromatic rings. The molecule has 2 aliphatic rings. The fraction of sp³-hybridized carbons (Fsp3) is 0.600. The van der Waals surface area contributed by atoms with Crippen molar-refractivity contribution >= 4 is 0 Å². The molecule has 2 aliphatic carbocycles. The van der Waals surface area contributed by atoms with Crippen LogP contribution in [0.3, 0.4) is 0 Å². The van der Waals surface area contributed by atoms with Gasteiger partial charge in [-0.15, -0.1) is 0 Å². The molecule has 3 unspecified atom stereocenters. The van der Waals surface area contributed by atoms with Gasteiger partial charge in [-0.1, -0.05) is 30.3 Å². The first-order chi connectivity index (χ1) is 8.27. The van der Waals surface area contributed by atoms with Crippen molar-refractivity contribution in [3.8, 4) is 0 Å². The van der Waals surface area contributed by atoms with E-state index in [0.29, 0.717) is 11.8 Å². The molecular formula is C15H21NO. The summed E-state index contributed by atoms with van der Waals surface area (Å²) in [6.45, 7) is 0. The molecule has 0 amide bonds. The van der Waals surface area contributed by atoms with Crippen LogP contribution in [0.5, 0.6) is 0 Å². The van der Waals surface area contributed by atoms with Crippen molar-refractivity contribution in [3.05, 3.63) is 35.9 Å². The molecule has 3 atom stereocenters. The minimum absolute atomic E-state index is 0.00576. The summed E-state index contributed by atoms with van der Waals surface area (Å²) in [4.78, 5) is 0. The molecule has 2 heteroatoms. The number of rotatable bonds is 4. The van der Waals surface area contributed by atoms with Crippen molar-refractivity contribution in [3.63, 3.8) is 0 Å². The molecule has 2 fully saturated rings. The molecule has 2 N–H and O–H groups in total. The molecule has 2 nitrogen and oxygen atoms in total. The fourth-order valence-corrected chi connectivity index (χ4v) is 3.28. The zero-order chi connectivity index (χ0) is 11.9. The second-order valence-electron chi connectivity index (χ2n) is 5.56. The average molecular weight is 231 g/mol. The van der Waals surface area contributed by atoms with Crippen molar-refractivity contribution in [1.82, 2.24) is 0 Å². The summed E-state index contributed by atoms with van der Waals surface area (Å²) in [5, 5.41) is 0. The van der Waals surface area contributed by atoms with Crippen LogP contribution >= 0.6 is 0 Å². The van der Waals surface area contributed by atoms with Gasteiger partial charge in [-0.05, 0) is 43.1 Å². The van der Waals surface area contributed by atoms with Gasteiger partial charge >= 0.3 is 0 Å². The van der Waals surface area contributed by atoms with E-state index in [9.17, 15) is 0 Å². The van der Waals surface area contributed by atoms with Crippen LogP contribution in [0.15, 0.2) is 30.3 Å². The van der Waals surface area contributed by atoms with Crippen LogP contribution < -0.4 is 5.73 Å². The largest absolute Gasteiger partial charge is 0.377 e. The van der Waals surface area contributed by atoms with Gasteiger partial charge in [0.15, 0.2) is 0 Å². The lowest BCUT2D eigenvalue weighted by Gasteiger charge is -2.45. The Morgan fingerprint density at radius 2 is 2.00 bits per heavy atom. The van der Waals surface area contributed by atoms with Crippen molar-refractivity contribution < 1.29 is 4.74 Å². The van der Waals surface area contributed by atoms with Crippen LogP contribution in [0, 0.1) is 5.92 Å². The first-order valence-corrected chi connectivity index (χ1v) is 6.62. The standard InChI is InChI=1S/C15H21NO/c1-17-15(8-5-9-15)14(16)13-10-12(13)11-6-3-2-4-7-11/h2-4,6-7,12-14H,5,8-10,16H2,1H3. The lowest BCUT2D eigenvalue weighted by molar-refractivity contribution is -0.0947. The SMILES string of the molecule is COC1(C(N)C2CC2c2ccccc2)CCC1. The predicted molar refractivity (Wildman–Crippen MR) is 68.9 cm³/mol. The van der Waals surface area contributed by atoms with E-state index < -0.39 is 0 Å². The normalized spacial score (nSPS) is 31.6. The minimum Gasteiger partial charge on any atom is -0.377 e. The zero-order valence-corrected chi connectivity index (χ0v) is 10.4. The summed E-state index contributed by atoms with van der Waals surface area (Å²) in [6.07, 6.45) is 4.78. The van der Waals surface area contributed by atoms with Gasteiger partial charge in [0.25, 0.3) is 0 Å². The third-order valence-electron chi connectivity index (χ3n) is 4.74. The van der Waals surface area contributed by atoms with E-state index in [-0.39, 0.29) is 11.6 Å². The second-order valence-corrected chi connectivity index (χ2v) is 5.56. The Bertz CT molecular complexity index is 380. The maximum atomic E-state index is 6.43. The van der Waals surface area contributed by atoms with Crippen LogP contribution in [0.1, 0.15) is 37.2 Å². The number of hydrogen-bond acceptors (Lipinski definition) is 2. The summed E-state index contributed by atoms with van der Waals surface area (Å²) in [5.74, 6) is 1.29. The average Bonchev–Trinajstić information content (AvgIpc) is 3.09. The Morgan fingerprint density at radius 3 is 2.53 bits per heavy atom. The van der Waals surface area contributed by atoms with Crippen molar-refractivity contribution in [1.29, 1.82) is 0 Å². The molecule has 0 bridgehead atoms. The van der Waals surface area contributed by atoms with E-state index >= 15 is 0 Å². The van der Waals surface area contributed by atoms with Gasteiger partial charge in [-0.2, -0.15) is 0 Å². The predicted octanol–water partition coefficient (Wildman–Crippen LogP) is 2.69. The van der Waals surface area contributed by atoms with Crippen LogP contribution in [0.4, 0.5) is 0 Å². The number of nitrogens with two attached hydrogens (primary N) is 1. The summed E-state index contributed by atoms with van der Waals surface area (Å²) in [5.41, 5.74) is 7.87. The van der Waals surface area contributed by atoms with Gasteiger partial charge in [0, 0.05) is 13.2 Å². The second kappa shape index (κ2) is 4.11. The Hall–Kier alpha value is -0.860. The maximum Gasteiger partial charge on any atom is 0.0831 e. The number of ether oxygens (including phenoxy) is 1. The van der Waals surface area contributed by atoms with Gasteiger partial charge < -0.3 is 10.5 Å². The molecule has 17 heavy (non-hydrogen) atoms. The maximum absolute atomic E-state index is 6.43. The molecule has 0 aliphatic heterocycles. The summed E-state index contributed by atoms with van der Waals surface area (Å²) < 4.78 is 5.70. The topological polar surface area (TPSA) is 35.2 Å². The van der Waals surface area contributed by atoms with Crippen LogP contribution in [0.25, 0.3) is 0 Å². The van der Waals surface area contributed by atoms with Gasteiger partial charge in [0.05, 0.1) is 5.60 Å². The molecule has 3 rings (SSSR count). The van der Waals surface area contributed by atoms with Crippen LogP contribution in [0.2, 0.25) is 0 Å². The Kier molecular flexibility index (Phi) is 2.72. The quantitative estimate of drug-likeness (QED) is 0.864. The minimum atomic E-state index is -0.00576. The van der Waals surface area contributed by atoms with Crippen molar-refractivity contribution in [2.24, 2.45) is 11.7 Å². The van der Waals surface area contributed by atoms with Gasteiger partial charge in [-0.3, -0.25) is 0 Å². The number of hydrogen-bond donors (Lipinski definition) is 1. The number of benzene rings is 1. The Labute approximate surface area is 103 Å². The monoisotopic (exact) mass is 231 g/mol. The molecule has 0 spiro atoms. The van der Waals surface area contributed by atoms with E-state index in [1.54, 1.807) is 0 Å². The van der Waals surface area contributed by atoms with Crippen LogP contribution in [-0.4, -0.2) is 18.8 Å². The number of methoxy groups -OCH3 is 1. The van der Waals surface area contributed by atoms with Gasteiger partial charge in [0.2, 0.25) is 0 Å². The fourth-order valence-electron chi connectivity index (χ4n) is 3.28. The molecular weight excluding hydrogens is 210 g/mol. The van der Waals surface area contributed by atoms with E-state index in [2.05, 4.69) is 30.3 Å². The molecule has 0 saturated heterocycles. The highest BCUT2D eigenvalue weighted by Crippen LogP contribution is 2.54. The van der Waals surface area contributed by atoms with Crippen LogP contribution in [-0.2, 0) is 4.74 Å². The lowest BCUT2D eigenvalue weighted by atomic mass is 9.72. The Morgan fingerprint density at radius 1 is 1.29 bits per heavy atom. The zero-order valence-electron chi connectivity index (χ0n) is 10.4. The van der Waals surface area contributed by atoms with Gasteiger partial charge in [-0.25, -0.2) is 0 Å². The van der Waals surface area contributed by atoms with Crippen molar-refractivity contribution in [2.75, 3.05) is 7.11 Å². The third-order valence-corrected chi connectivity index (χ3v) is 4.74. The highest BCUT2D eigenvalue weighted by atomic mass is 16.5. The first-order valence-electron chi connectivity index (χ1n) is 6.62. The summed E-state index contributed by atoms with van der Waals surface area (Å²) >= 11 is 0. The molecule has 92 valence electrons. The molecule has 1 aromatic carbocycles. The Balaban J connectivity index is 1.68. The molecule has 0 aromatic heterocycles. The first kappa shape index (κ1) is 11.2. The molecule has 0 heterocycles. The smallest absolute Gasteiger partial charge is 0.0831 e. The van der Waals surface area contributed by atoms with E-state index in [1.165, 1.54) is 18.4 Å². The molecule has 2 saturated carbocycles. The van der Waals surface area contributed by atoms with E-state index in [1.807, 2.05) is 7.11 Å². The highest BCUT2D eigenvalue weighted by Gasteiger charge is 2.53. The van der Waals surface area contributed by atoms with E-state index in [4.69, 9.17) is 10.5 Å². The van der Waals surface area contributed by atoms with Gasteiger partial charge in [0.1, 0.15) is 0 Å².